The molecule has 1 aliphatic rings. The van der Waals surface area contributed by atoms with E-state index in [4.69, 9.17) is 10.2 Å². The van der Waals surface area contributed by atoms with E-state index in [0.29, 0.717) is 0 Å². The first-order valence-electron chi connectivity index (χ1n) is 4.70. The van der Waals surface area contributed by atoms with Crippen molar-refractivity contribution >= 4 is 5.97 Å². The molecule has 0 aliphatic heterocycles. The minimum absolute atomic E-state index is 0.0289. The van der Waals surface area contributed by atoms with Gasteiger partial charge in [0.2, 0.25) is 0 Å². The van der Waals surface area contributed by atoms with Crippen molar-refractivity contribution in [3.8, 4) is 0 Å². The normalized spacial score (nSPS) is 19.9. The Labute approximate surface area is 78.7 Å². The van der Waals surface area contributed by atoms with Crippen LogP contribution < -0.4 is 5.73 Å². The fourth-order valence-electron chi connectivity index (χ4n) is 1.35. The molecule has 0 saturated heterocycles. The van der Waals surface area contributed by atoms with Gasteiger partial charge in [0.25, 0.3) is 0 Å². The van der Waals surface area contributed by atoms with Crippen LogP contribution in [0.1, 0.15) is 39.0 Å². The van der Waals surface area contributed by atoms with Crippen molar-refractivity contribution in [2.24, 2.45) is 11.7 Å². The van der Waals surface area contributed by atoms with Crippen molar-refractivity contribution < 1.29 is 15.0 Å². The van der Waals surface area contributed by atoms with Crippen molar-refractivity contribution in [2.75, 3.05) is 0 Å². The molecule has 0 heterocycles. The van der Waals surface area contributed by atoms with Gasteiger partial charge < -0.3 is 15.9 Å². The zero-order chi connectivity index (χ0) is 10.3. The van der Waals surface area contributed by atoms with Gasteiger partial charge in [0.05, 0.1) is 12.1 Å². The molecule has 78 valence electrons. The Balaban J connectivity index is 0.000000310. The van der Waals surface area contributed by atoms with E-state index in [2.05, 4.69) is 5.73 Å². The molecule has 1 fully saturated rings. The van der Waals surface area contributed by atoms with Crippen LogP contribution in [0.5, 0.6) is 0 Å². The Morgan fingerprint density at radius 1 is 1.38 bits per heavy atom. The first-order chi connectivity index (χ1) is 6.04. The lowest BCUT2D eigenvalue weighted by atomic mass is 9.90. The SMILES string of the molecule is CC(N)O.O=C(O)C1CCCCC1. The number of aliphatic hydroxyl groups is 1. The number of hydrogen-bond donors (Lipinski definition) is 3. The molecule has 4 nitrogen and oxygen atoms in total. The number of nitrogens with two attached hydrogens (primary N) is 1. The Morgan fingerprint density at radius 3 is 2.00 bits per heavy atom. The van der Waals surface area contributed by atoms with Gasteiger partial charge in [-0.1, -0.05) is 19.3 Å². The summed E-state index contributed by atoms with van der Waals surface area (Å²) in [6.07, 6.45) is 4.57. The molecular formula is C9H19NO3. The maximum Gasteiger partial charge on any atom is 0.306 e. The predicted molar refractivity (Wildman–Crippen MR) is 50.1 cm³/mol. The van der Waals surface area contributed by atoms with Gasteiger partial charge in [-0.25, -0.2) is 0 Å². The van der Waals surface area contributed by atoms with E-state index in [9.17, 15) is 4.79 Å². The second-order valence-corrected chi connectivity index (χ2v) is 3.41. The van der Waals surface area contributed by atoms with Crippen LogP contribution in [0.15, 0.2) is 0 Å². The average molecular weight is 189 g/mol. The molecule has 1 saturated carbocycles. The van der Waals surface area contributed by atoms with E-state index < -0.39 is 12.2 Å². The molecule has 1 atom stereocenters. The Hall–Kier alpha value is -0.610. The summed E-state index contributed by atoms with van der Waals surface area (Å²) < 4.78 is 0. The lowest BCUT2D eigenvalue weighted by Gasteiger charge is -2.16. The minimum Gasteiger partial charge on any atom is -0.481 e. The fraction of sp³-hybridized carbons (Fsp3) is 0.889. The maximum atomic E-state index is 10.4. The number of aliphatic carboxylic acids is 1. The zero-order valence-electron chi connectivity index (χ0n) is 8.07. The third kappa shape index (κ3) is 7.74. The Morgan fingerprint density at radius 2 is 1.77 bits per heavy atom. The minimum atomic E-state index is -0.667. The van der Waals surface area contributed by atoms with E-state index in [0.717, 1.165) is 25.7 Å². The highest BCUT2D eigenvalue weighted by atomic mass is 16.4. The molecule has 0 aromatic carbocycles. The first-order valence-corrected chi connectivity index (χ1v) is 4.70. The quantitative estimate of drug-likeness (QED) is 0.536. The van der Waals surface area contributed by atoms with Crippen molar-refractivity contribution in [3.05, 3.63) is 0 Å². The highest BCUT2D eigenvalue weighted by Gasteiger charge is 2.19. The number of carbonyl (C=O) groups is 1. The lowest BCUT2D eigenvalue weighted by Crippen LogP contribution is -2.16. The highest BCUT2D eigenvalue weighted by Crippen LogP contribution is 2.23. The summed E-state index contributed by atoms with van der Waals surface area (Å²) in [7, 11) is 0. The van der Waals surface area contributed by atoms with Crippen LogP contribution in [0.2, 0.25) is 0 Å². The fourth-order valence-corrected chi connectivity index (χ4v) is 1.35. The second-order valence-electron chi connectivity index (χ2n) is 3.41. The summed E-state index contributed by atoms with van der Waals surface area (Å²) in [5.74, 6) is -0.631. The summed E-state index contributed by atoms with van der Waals surface area (Å²) in [5, 5.41) is 16.4. The van der Waals surface area contributed by atoms with Crippen molar-refractivity contribution in [2.45, 2.75) is 45.3 Å². The van der Waals surface area contributed by atoms with Crippen LogP contribution in [-0.2, 0) is 4.79 Å². The number of aliphatic hydroxyl groups excluding tert-OH is 1. The largest absolute Gasteiger partial charge is 0.481 e. The van der Waals surface area contributed by atoms with E-state index in [1.165, 1.54) is 13.3 Å². The summed E-state index contributed by atoms with van der Waals surface area (Å²) in [5.41, 5.74) is 4.67. The van der Waals surface area contributed by atoms with Gasteiger partial charge in [-0.2, -0.15) is 0 Å². The third-order valence-electron chi connectivity index (χ3n) is 1.95. The van der Waals surface area contributed by atoms with E-state index in [1.807, 2.05) is 0 Å². The van der Waals surface area contributed by atoms with Gasteiger partial charge in [0.15, 0.2) is 0 Å². The molecule has 4 N–H and O–H groups in total. The van der Waals surface area contributed by atoms with Crippen molar-refractivity contribution in [1.29, 1.82) is 0 Å². The van der Waals surface area contributed by atoms with Gasteiger partial charge in [0.1, 0.15) is 0 Å². The summed E-state index contributed by atoms with van der Waals surface area (Å²) in [4.78, 5) is 10.4. The Kier molecular flexibility index (Phi) is 6.54. The van der Waals surface area contributed by atoms with Gasteiger partial charge in [0, 0.05) is 0 Å². The topological polar surface area (TPSA) is 83.5 Å². The van der Waals surface area contributed by atoms with E-state index >= 15 is 0 Å². The lowest BCUT2D eigenvalue weighted by molar-refractivity contribution is -0.142. The average Bonchev–Trinajstić information content (AvgIpc) is 2.05. The standard InChI is InChI=1S/C7H12O2.C2H7NO/c8-7(9)6-4-2-1-3-5-6;1-2(3)4/h6H,1-5H2,(H,8,9);2,4H,3H2,1H3. The summed E-state index contributed by atoms with van der Waals surface area (Å²) in [6.45, 7) is 1.50. The Bertz CT molecular complexity index is 139. The third-order valence-corrected chi connectivity index (χ3v) is 1.95. The predicted octanol–water partition coefficient (Wildman–Crippen LogP) is 0.935. The van der Waals surface area contributed by atoms with Crippen LogP contribution in [-0.4, -0.2) is 22.4 Å². The molecule has 0 amide bonds. The molecule has 0 spiro atoms. The second kappa shape index (κ2) is 6.86. The monoisotopic (exact) mass is 189 g/mol. The maximum absolute atomic E-state index is 10.4. The summed E-state index contributed by atoms with van der Waals surface area (Å²) >= 11 is 0. The van der Waals surface area contributed by atoms with Crippen LogP contribution in [0, 0.1) is 5.92 Å². The van der Waals surface area contributed by atoms with Gasteiger partial charge in [-0.05, 0) is 19.8 Å². The van der Waals surface area contributed by atoms with Crippen LogP contribution >= 0.6 is 0 Å². The zero-order valence-corrected chi connectivity index (χ0v) is 8.07. The molecular weight excluding hydrogens is 170 g/mol. The molecule has 4 heteroatoms. The van der Waals surface area contributed by atoms with Crippen molar-refractivity contribution in [1.82, 2.24) is 0 Å². The number of carboxylic acids is 1. The molecule has 1 rings (SSSR count). The van der Waals surface area contributed by atoms with Crippen LogP contribution in [0.3, 0.4) is 0 Å². The number of rotatable bonds is 1. The molecule has 0 aromatic rings. The first kappa shape index (κ1) is 12.4. The van der Waals surface area contributed by atoms with Gasteiger partial charge in [-0.3, -0.25) is 4.79 Å². The highest BCUT2D eigenvalue weighted by molar-refractivity contribution is 5.69. The molecule has 0 aromatic heterocycles. The van der Waals surface area contributed by atoms with E-state index in [-0.39, 0.29) is 5.92 Å². The van der Waals surface area contributed by atoms with Gasteiger partial charge >= 0.3 is 5.97 Å². The molecule has 0 radical (unpaired) electrons. The van der Waals surface area contributed by atoms with Crippen molar-refractivity contribution in [3.63, 3.8) is 0 Å². The van der Waals surface area contributed by atoms with E-state index in [1.54, 1.807) is 0 Å². The number of hydrogen-bond acceptors (Lipinski definition) is 3. The smallest absolute Gasteiger partial charge is 0.306 e. The summed E-state index contributed by atoms with van der Waals surface area (Å²) in [6, 6.07) is 0. The molecule has 1 unspecified atom stereocenters. The molecule has 13 heavy (non-hydrogen) atoms. The number of carboxylic acid groups (broad SMARTS) is 1. The van der Waals surface area contributed by atoms with Gasteiger partial charge in [-0.15, -0.1) is 0 Å². The van der Waals surface area contributed by atoms with Crippen LogP contribution in [0.4, 0.5) is 0 Å². The van der Waals surface area contributed by atoms with Crippen LogP contribution in [0.25, 0.3) is 0 Å². The molecule has 1 aliphatic carbocycles. The molecule has 0 bridgehead atoms.